The van der Waals surface area contributed by atoms with E-state index in [0.29, 0.717) is 11.1 Å². The predicted octanol–water partition coefficient (Wildman–Crippen LogP) is 5.05. The number of anilines is 1. The summed E-state index contributed by atoms with van der Waals surface area (Å²) < 4.78 is 0. The molecule has 0 unspecified atom stereocenters. The Hall–Kier alpha value is -2.73. The van der Waals surface area contributed by atoms with E-state index in [1.54, 1.807) is 12.3 Å². The number of thiazole rings is 1. The van der Waals surface area contributed by atoms with Crippen LogP contribution in [-0.2, 0) is 4.79 Å². The number of carboxylic acid groups (broad SMARTS) is 1. The van der Waals surface area contributed by atoms with Crippen molar-refractivity contribution in [2.75, 3.05) is 5.01 Å². The highest BCUT2D eigenvalue weighted by Crippen LogP contribution is 2.30. The van der Waals surface area contributed by atoms with E-state index in [1.165, 1.54) is 16.9 Å². The van der Waals surface area contributed by atoms with E-state index in [-0.39, 0.29) is 6.04 Å². The second kappa shape index (κ2) is 8.31. The van der Waals surface area contributed by atoms with Crippen LogP contribution in [0.25, 0.3) is 11.3 Å². The van der Waals surface area contributed by atoms with E-state index >= 15 is 0 Å². The van der Waals surface area contributed by atoms with E-state index in [1.807, 2.05) is 42.4 Å². The average Bonchev–Trinajstić information content (AvgIpc) is 3.11. The Kier molecular flexibility index (Phi) is 5.86. The molecule has 140 valence electrons. The summed E-state index contributed by atoms with van der Waals surface area (Å²) in [6.07, 6.45) is 6.89. The summed E-state index contributed by atoms with van der Waals surface area (Å²) in [5.74, 6) is -0.917. The minimum atomic E-state index is -0.917. The van der Waals surface area contributed by atoms with Crippen molar-refractivity contribution in [1.29, 1.82) is 0 Å². The summed E-state index contributed by atoms with van der Waals surface area (Å²) >= 11 is 1.53. The van der Waals surface area contributed by atoms with Crippen LogP contribution in [0.15, 0.2) is 58.0 Å². The van der Waals surface area contributed by atoms with Crippen LogP contribution in [0, 0.1) is 6.92 Å². The fourth-order valence-corrected chi connectivity index (χ4v) is 3.82. The molecule has 5 nitrogen and oxygen atoms in total. The zero-order chi connectivity index (χ0) is 19.4. The second-order valence-electron chi connectivity index (χ2n) is 6.67. The topological polar surface area (TPSA) is 65.8 Å². The first kappa shape index (κ1) is 19.0. The van der Waals surface area contributed by atoms with E-state index in [9.17, 15) is 9.90 Å². The van der Waals surface area contributed by atoms with Crippen LogP contribution in [-0.4, -0.2) is 28.3 Å². The van der Waals surface area contributed by atoms with Crippen molar-refractivity contribution in [1.82, 2.24) is 4.98 Å². The molecule has 1 N–H and O–H groups in total. The first-order chi connectivity index (χ1) is 13.0. The molecular formula is C21H23N3O2S. The lowest BCUT2D eigenvalue weighted by atomic mass is 9.99. The number of aromatic nitrogens is 1. The molecule has 6 heteroatoms. The average molecular weight is 382 g/mol. The molecule has 2 aromatic rings. The maximum absolute atomic E-state index is 11.4. The molecule has 0 saturated heterocycles. The number of carboxylic acids is 1. The van der Waals surface area contributed by atoms with Crippen LogP contribution < -0.4 is 5.01 Å². The Morgan fingerprint density at radius 1 is 1.30 bits per heavy atom. The van der Waals surface area contributed by atoms with Crippen molar-refractivity contribution in [2.24, 2.45) is 5.10 Å². The molecule has 1 aliphatic rings. The van der Waals surface area contributed by atoms with Crippen LogP contribution in [0.4, 0.5) is 5.13 Å². The maximum atomic E-state index is 11.4. The van der Waals surface area contributed by atoms with Gasteiger partial charge in [0.15, 0.2) is 0 Å². The van der Waals surface area contributed by atoms with Crippen LogP contribution >= 0.6 is 11.3 Å². The first-order valence-electron chi connectivity index (χ1n) is 8.96. The number of carbonyl (C=O) groups is 1. The first-order valence-corrected chi connectivity index (χ1v) is 9.84. The van der Waals surface area contributed by atoms with E-state index < -0.39 is 5.97 Å². The summed E-state index contributed by atoms with van der Waals surface area (Å²) in [4.78, 5) is 16.2. The number of benzene rings is 1. The Labute approximate surface area is 163 Å². The van der Waals surface area contributed by atoms with Crippen LogP contribution in [0.1, 0.15) is 32.3 Å². The number of allylic oxidation sites excluding steroid dienone is 2. The van der Waals surface area contributed by atoms with Gasteiger partial charge in [0.1, 0.15) is 0 Å². The Balaban J connectivity index is 1.87. The molecule has 0 saturated carbocycles. The molecule has 0 amide bonds. The van der Waals surface area contributed by atoms with Crippen molar-refractivity contribution in [3.8, 4) is 11.3 Å². The van der Waals surface area contributed by atoms with E-state index in [2.05, 4.69) is 24.2 Å². The molecule has 1 aromatic heterocycles. The summed E-state index contributed by atoms with van der Waals surface area (Å²) in [7, 11) is 0. The third-order valence-corrected chi connectivity index (χ3v) is 5.17. The molecule has 0 aliphatic heterocycles. The van der Waals surface area contributed by atoms with Crippen molar-refractivity contribution < 1.29 is 9.90 Å². The number of rotatable bonds is 6. The molecule has 0 atom stereocenters. The van der Waals surface area contributed by atoms with Gasteiger partial charge in [0.25, 0.3) is 0 Å². The molecular weight excluding hydrogens is 358 g/mol. The van der Waals surface area contributed by atoms with Crippen LogP contribution in [0.5, 0.6) is 0 Å². The van der Waals surface area contributed by atoms with Gasteiger partial charge in [0.2, 0.25) is 5.13 Å². The Bertz CT molecular complexity index is 925. The number of hydrazone groups is 1. The molecule has 0 bridgehead atoms. The molecule has 1 aliphatic carbocycles. The van der Waals surface area contributed by atoms with Gasteiger partial charge in [0.05, 0.1) is 17.5 Å². The molecule has 3 rings (SSSR count). The normalized spacial score (nSPS) is 14.4. The van der Waals surface area contributed by atoms with Crippen LogP contribution in [0.3, 0.4) is 0 Å². The van der Waals surface area contributed by atoms with Crippen LogP contribution in [0.2, 0.25) is 0 Å². The highest BCUT2D eigenvalue weighted by Gasteiger charge is 2.17. The summed E-state index contributed by atoms with van der Waals surface area (Å²) in [5, 5.41) is 18.6. The van der Waals surface area contributed by atoms with Crippen molar-refractivity contribution >= 4 is 28.7 Å². The largest absolute Gasteiger partial charge is 0.478 e. The summed E-state index contributed by atoms with van der Waals surface area (Å²) in [6.45, 7) is 6.15. The highest BCUT2D eigenvalue weighted by molar-refractivity contribution is 7.14. The summed E-state index contributed by atoms with van der Waals surface area (Å²) in [6, 6.07) is 8.26. The quantitative estimate of drug-likeness (QED) is 0.562. The maximum Gasteiger partial charge on any atom is 0.336 e. The van der Waals surface area contributed by atoms with Gasteiger partial charge < -0.3 is 5.11 Å². The lowest BCUT2D eigenvalue weighted by Gasteiger charge is -2.20. The third-order valence-electron chi connectivity index (χ3n) is 4.34. The lowest BCUT2D eigenvalue weighted by Crippen LogP contribution is -2.25. The Morgan fingerprint density at radius 3 is 2.74 bits per heavy atom. The van der Waals surface area contributed by atoms with Gasteiger partial charge in [-0.25, -0.2) is 14.8 Å². The zero-order valence-corrected chi connectivity index (χ0v) is 16.5. The van der Waals surface area contributed by atoms with Gasteiger partial charge in [-0.3, -0.25) is 0 Å². The fraction of sp³-hybridized carbons (Fsp3) is 0.286. The SMILES string of the molecule is Cc1ccccc1-c1csc(N(/N=C/C2=CCCC=C2C(=O)O)C(C)C)n1. The van der Waals surface area contributed by atoms with Gasteiger partial charge >= 0.3 is 5.97 Å². The molecule has 0 spiro atoms. The number of nitrogens with zero attached hydrogens (tertiary/aromatic N) is 3. The minimum Gasteiger partial charge on any atom is -0.478 e. The van der Waals surface area contributed by atoms with E-state index in [4.69, 9.17) is 4.98 Å². The molecule has 0 fully saturated rings. The monoisotopic (exact) mass is 381 g/mol. The van der Waals surface area contributed by atoms with Crippen molar-refractivity contribution in [3.63, 3.8) is 0 Å². The van der Waals surface area contributed by atoms with Gasteiger partial charge in [-0.1, -0.05) is 36.4 Å². The summed E-state index contributed by atoms with van der Waals surface area (Å²) in [5.41, 5.74) is 4.18. The number of aliphatic carboxylic acids is 1. The van der Waals surface area contributed by atoms with Gasteiger partial charge in [0, 0.05) is 22.6 Å². The van der Waals surface area contributed by atoms with Gasteiger partial charge in [-0.15, -0.1) is 11.3 Å². The molecule has 1 heterocycles. The fourth-order valence-electron chi connectivity index (χ4n) is 2.91. The number of hydrogen-bond acceptors (Lipinski definition) is 5. The van der Waals surface area contributed by atoms with Crippen molar-refractivity contribution in [2.45, 2.75) is 39.7 Å². The Morgan fingerprint density at radius 2 is 2.04 bits per heavy atom. The van der Waals surface area contributed by atoms with Gasteiger partial charge in [-0.05, 0) is 39.2 Å². The highest BCUT2D eigenvalue weighted by atomic mass is 32.1. The van der Waals surface area contributed by atoms with E-state index in [0.717, 1.165) is 29.2 Å². The molecule has 1 aromatic carbocycles. The number of hydrogen-bond donors (Lipinski definition) is 1. The van der Waals surface area contributed by atoms with Gasteiger partial charge in [-0.2, -0.15) is 5.10 Å². The zero-order valence-electron chi connectivity index (χ0n) is 15.7. The van der Waals surface area contributed by atoms with Crippen molar-refractivity contribution in [3.05, 3.63) is 58.5 Å². The number of aryl methyl sites for hydroxylation is 1. The molecule has 0 radical (unpaired) electrons. The minimum absolute atomic E-state index is 0.0959. The predicted molar refractivity (Wildman–Crippen MR) is 111 cm³/mol. The smallest absolute Gasteiger partial charge is 0.336 e. The lowest BCUT2D eigenvalue weighted by molar-refractivity contribution is -0.132. The third kappa shape index (κ3) is 4.34. The molecule has 27 heavy (non-hydrogen) atoms. The standard InChI is InChI=1S/C21H23N3O2S/c1-14(2)24(22-12-16-9-5-7-11-18(16)20(25)26)21-23-19(13-27-21)17-10-6-4-8-15(17)3/h4,6,8-14H,5,7H2,1-3H3,(H,25,26)/b22-12+. The second-order valence-corrected chi connectivity index (χ2v) is 7.51.